The van der Waals surface area contributed by atoms with E-state index in [1.165, 1.54) is 0 Å². The van der Waals surface area contributed by atoms with E-state index < -0.39 is 10.0 Å². The SMILES string of the molecule is C.CCCNS(=O)(=O)c1ccc(-c2cc3ccccc3c(N3CCN(CC)CC3)n2)cc1. The predicted octanol–water partition coefficient (Wildman–Crippen LogP) is 4.37. The molecule has 0 unspecified atom stereocenters. The van der Waals surface area contributed by atoms with Crippen LogP contribution in [0.5, 0.6) is 0 Å². The van der Waals surface area contributed by atoms with Gasteiger partial charge in [-0.3, -0.25) is 0 Å². The van der Waals surface area contributed by atoms with Gasteiger partial charge in [0.15, 0.2) is 0 Å². The van der Waals surface area contributed by atoms with Crippen LogP contribution in [-0.2, 0) is 10.0 Å². The van der Waals surface area contributed by atoms with E-state index in [0.717, 1.165) is 67.0 Å². The van der Waals surface area contributed by atoms with E-state index in [4.69, 9.17) is 4.98 Å². The maximum absolute atomic E-state index is 12.4. The summed E-state index contributed by atoms with van der Waals surface area (Å²) in [4.78, 5) is 10.1. The Balaban J connectivity index is 0.00000289. The maximum Gasteiger partial charge on any atom is 0.240 e. The van der Waals surface area contributed by atoms with Crippen molar-refractivity contribution < 1.29 is 8.42 Å². The first-order chi connectivity index (χ1) is 15.0. The number of anilines is 1. The smallest absolute Gasteiger partial charge is 0.240 e. The number of hydrogen-bond donors (Lipinski definition) is 1. The summed E-state index contributed by atoms with van der Waals surface area (Å²) in [6.45, 7) is 9.63. The van der Waals surface area contributed by atoms with E-state index >= 15 is 0 Å². The Morgan fingerprint density at radius 1 is 0.969 bits per heavy atom. The Morgan fingerprint density at radius 2 is 1.66 bits per heavy atom. The maximum atomic E-state index is 12.4. The van der Waals surface area contributed by atoms with Gasteiger partial charge in [0.25, 0.3) is 0 Å². The first-order valence-electron chi connectivity index (χ1n) is 11.0. The summed E-state index contributed by atoms with van der Waals surface area (Å²) in [6, 6.07) is 17.4. The third-order valence-corrected chi connectivity index (χ3v) is 7.32. The van der Waals surface area contributed by atoms with Crippen LogP contribution in [0.15, 0.2) is 59.5 Å². The lowest BCUT2D eigenvalue weighted by atomic mass is 10.1. The van der Waals surface area contributed by atoms with E-state index in [0.29, 0.717) is 6.54 Å². The average molecular weight is 455 g/mol. The van der Waals surface area contributed by atoms with Gasteiger partial charge in [0.2, 0.25) is 10.0 Å². The van der Waals surface area contributed by atoms with Gasteiger partial charge in [0, 0.05) is 43.7 Å². The van der Waals surface area contributed by atoms with E-state index in [-0.39, 0.29) is 12.3 Å². The molecule has 32 heavy (non-hydrogen) atoms. The standard InChI is InChI=1S/C24H30N4O2S.CH4/c1-3-13-25-31(29,30)21-11-9-19(10-12-21)23-18-20-7-5-6-8-22(20)24(26-23)28-16-14-27(4-2)15-17-28;/h5-12,18,25H,3-4,13-17H2,1-2H3;1H4. The fraction of sp³-hybridized carbons (Fsp3) is 0.400. The zero-order chi connectivity index (χ0) is 21.8. The molecule has 1 fully saturated rings. The molecule has 0 radical (unpaired) electrons. The van der Waals surface area contributed by atoms with Crippen LogP contribution >= 0.6 is 0 Å². The predicted molar refractivity (Wildman–Crippen MR) is 134 cm³/mol. The molecule has 0 aliphatic carbocycles. The second kappa shape index (κ2) is 10.4. The molecule has 3 aromatic rings. The third kappa shape index (κ3) is 5.11. The number of hydrogen-bond acceptors (Lipinski definition) is 5. The van der Waals surface area contributed by atoms with Gasteiger partial charge in [0.1, 0.15) is 5.82 Å². The molecule has 0 saturated carbocycles. The highest BCUT2D eigenvalue weighted by molar-refractivity contribution is 7.89. The monoisotopic (exact) mass is 454 g/mol. The van der Waals surface area contributed by atoms with Crippen LogP contribution in [0.4, 0.5) is 5.82 Å². The van der Waals surface area contributed by atoms with Crippen molar-refractivity contribution in [2.24, 2.45) is 0 Å². The lowest BCUT2D eigenvalue weighted by molar-refractivity contribution is 0.271. The first-order valence-corrected chi connectivity index (χ1v) is 12.5. The number of nitrogens with one attached hydrogen (secondary N) is 1. The topological polar surface area (TPSA) is 65.5 Å². The van der Waals surface area contributed by atoms with E-state index in [1.54, 1.807) is 12.1 Å². The van der Waals surface area contributed by atoms with Crippen LogP contribution in [0.2, 0.25) is 0 Å². The Bertz CT molecular complexity index is 1140. The minimum atomic E-state index is -3.47. The fourth-order valence-corrected chi connectivity index (χ4v) is 5.10. The molecular weight excluding hydrogens is 420 g/mol. The van der Waals surface area contributed by atoms with Crippen LogP contribution in [0.25, 0.3) is 22.0 Å². The van der Waals surface area contributed by atoms with Crippen LogP contribution in [0.3, 0.4) is 0 Å². The van der Waals surface area contributed by atoms with E-state index in [2.05, 4.69) is 45.7 Å². The molecule has 0 amide bonds. The number of aromatic nitrogens is 1. The largest absolute Gasteiger partial charge is 0.354 e. The molecule has 0 spiro atoms. The molecule has 1 aliphatic heterocycles. The fourth-order valence-electron chi connectivity index (χ4n) is 3.97. The van der Waals surface area contributed by atoms with E-state index in [1.807, 2.05) is 25.1 Å². The highest BCUT2D eigenvalue weighted by Crippen LogP contribution is 2.31. The van der Waals surface area contributed by atoms with Gasteiger partial charge >= 0.3 is 0 Å². The van der Waals surface area contributed by atoms with Gasteiger partial charge in [-0.2, -0.15) is 0 Å². The van der Waals surface area contributed by atoms with Crippen molar-refractivity contribution in [1.82, 2.24) is 14.6 Å². The van der Waals surface area contributed by atoms with Crippen molar-refractivity contribution in [1.29, 1.82) is 0 Å². The van der Waals surface area contributed by atoms with E-state index in [9.17, 15) is 8.42 Å². The highest BCUT2D eigenvalue weighted by atomic mass is 32.2. The van der Waals surface area contributed by atoms with Gasteiger partial charge in [-0.25, -0.2) is 18.1 Å². The number of piperazine rings is 1. The van der Waals surface area contributed by atoms with Crippen LogP contribution < -0.4 is 9.62 Å². The third-order valence-electron chi connectivity index (χ3n) is 5.84. The van der Waals surface area contributed by atoms with Gasteiger partial charge < -0.3 is 9.80 Å². The summed E-state index contributed by atoms with van der Waals surface area (Å²) in [5.74, 6) is 1.00. The highest BCUT2D eigenvalue weighted by Gasteiger charge is 2.20. The Hall–Kier alpha value is -2.48. The van der Waals surface area contributed by atoms with Crippen LogP contribution in [-0.4, -0.2) is 57.6 Å². The molecule has 1 aromatic heterocycles. The number of fused-ring (bicyclic) bond motifs is 1. The average Bonchev–Trinajstić information content (AvgIpc) is 2.82. The number of sulfonamides is 1. The number of likely N-dealkylation sites (N-methyl/N-ethyl adjacent to an activating group) is 1. The Morgan fingerprint density at radius 3 is 2.31 bits per heavy atom. The Kier molecular flexibility index (Phi) is 7.87. The van der Waals surface area contributed by atoms with Crippen molar-refractivity contribution in [3.8, 4) is 11.3 Å². The number of benzene rings is 2. The van der Waals surface area contributed by atoms with Crippen molar-refractivity contribution >= 4 is 26.6 Å². The van der Waals surface area contributed by atoms with Crippen molar-refractivity contribution in [3.05, 3.63) is 54.6 Å². The summed E-state index contributed by atoms with van der Waals surface area (Å²) >= 11 is 0. The van der Waals surface area contributed by atoms with Crippen LogP contribution in [0, 0.1) is 0 Å². The summed E-state index contributed by atoms with van der Waals surface area (Å²) in [7, 11) is -3.47. The zero-order valence-corrected chi connectivity index (χ0v) is 19.0. The number of rotatable bonds is 7. The van der Waals surface area contributed by atoms with Gasteiger partial charge in [0.05, 0.1) is 10.6 Å². The van der Waals surface area contributed by atoms with Crippen molar-refractivity contribution in [2.45, 2.75) is 32.6 Å². The minimum Gasteiger partial charge on any atom is -0.354 e. The van der Waals surface area contributed by atoms with Gasteiger partial charge in [-0.05, 0) is 36.6 Å². The summed E-state index contributed by atoms with van der Waals surface area (Å²) in [5.41, 5.74) is 1.77. The molecule has 2 heterocycles. The Labute approximate surface area is 192 Å². The van der Waals surface area contributed by atoms with Crippen molar-refractivity contribution in [2.75, 3.05) is 44.2 Å². The molecule has 0 atom stereocenters. The molecule has 2 aromatic carbocycles. The molecule has 1 saturated heterocycles. The molecule has 4 rings (SSSR count). The van der Waals surface area contributed by atoms with Crippen LogP contribution in [0.1, 0.15) is 27.7 Å². The minimum absolute atomic E-state index is 0. The second-order valence-electron chi connectivity index (χ2n) is 7.90. The van der Waals surface area contributed by atoms with Gasteiger partial charge in [-0.15, -0.1) is 0 Å². The summed E-state index contributed by atoms with van der Waals surface area (Å²) in [5, 5.41) is 2.29. The molecule has 1 aliphatic rings. The first kappa shape index (κ1) is 24.2. The van der Waals surface area contributed by atoms with Crippen molar-refractivity contribution in [3.63, 3.8) is 0 Å². The summed E-state index contributed by atoms with van der Waals surface area (Å²) in [6.07, 6.45) is 0.758. The quantitative estimate of drug-likeness (QED) is 0.574. The molecule has 6 nitrogen and oxygen atoms in total. The summed E-state index contributed by atoms with van der Waals surface area (Å²) < 4.78 is 27.4. The molecule has 0 bridgehead atoms. The molecule has 7 heteroatoms. The zero-order valence-electron chi connectivity index (χ0n) is 18.2. The second-order valence-corrected chi connectivity index (χ2v) is 9.66. The lowest BCUT2D eigenvalue weighted by Gasteiger charge is -2.35. The molecule has 172 valence electrons. The normalized spacial score (nSPS) is 15.0. The molecular formula is C25H34N4O2S. The lowest BCUT2D eigenvalue weighted by Crippen LogP contribution is -2.46. The molecule has 1 N–H and O–H groups in total. The number of nitrogens with zero attached hydrogens (tertiary/aromatic N) is 3. The van der Waals surface area contributed by atoms with Gasteiger partial charge in [-0.1, -0.05) is 57.7 Å². The number of pyridine rings is 1.